The van der Waals surface area contributed by atoms with E-state index in [0.29, 0.717) is 36.9 Å². The van der Waals surface area contributed by atoms with Crippen LogP contribution in [0, 0.1) is 0 Å². The highest BCUT2D eigenvalue weighted by Gasteiger charge is 2.09. The normalized spacial score (nSPS) is 10.9. The summed E-state index contributed by atoms with van der Waals surface area (Å²) in [7, 11) is 0. The van der Waals surface area contributed by atoms with Crippen molar-refractivity contribution in [2.75, 3.05) is 0 Å². The van der Waals surface area contributed by atoms with Gasteiger partial charge in [-0.1, -0.05) is 22.5 Å². The molecule has 2 heterocycles. The fraction of sp³-hybridized carbons (Fsp3) is 0.231. The summed E-state index contributed by atoms with van der Waals surface area (Å²) >= 11 is 0. The highest BCUT2D eigenvalue weighted by molar-refractivity contribution is 5.27. The number of nitrogens with zero attached hydrogens (tertiary/aromatic N) is 5. The molecule has 0 aliphatic heterocycles. The number of hydrogen-bond acceptors (Lipinski definition) is 7. The summed E-state index contributed by atoms with van der Waals surface area (Å²) in [6, 6.07) is 6.88. The molecular weight excluding hydrogens is 272 g/mol. The van der Waals surface area contributed by atoms with Gasteiger partial charge in [-0.2, -0.15) is 4.98 Å². The maximum atomic E-state index is 9.24. The Morgan fingerprint density at radius 1 is 1.24 bits per heavy atom. The Morgan fingerprint density at radius 2 is 2.05 bits per heavy atom. The zero-order chi connectivity index (χ0) is 14.7. The third-order valence-corrected chi connectivity index (χ3v) is 2.90. The summed E-state index contributed by atoms with van der Waals surface area (Å²) in [6.07, 6.45) is 2.28. The number of benzene rings is 1. The highest BCUT2D eigenvalue weighted by Crippen LogP contribution is 2.12. The minimum Gasteiger partial charge on any atom is -0.508 e. The zero-order valence-electron chi connectivity index (χ0n) is 11.2. The first-order valence-electron chi connectivity index (χ1n) is 6.41. The molecular formula is C13H14N6O2. The molecule has 2 aromatic heterocycles. The number of phenols is 1. The Balaban J connectivity index is 1.67. The van der Waals surface area contributed by atoms with Crippen molar-refractivity contribution in [2.24, 2.45) is 5.73 Å². The van der Waals surface area contributed by atoms with Crippen LogP contribution in [-0.2, 0) is 19.5 Å². The molecule has 0 saturated carbocycles. The molecule has 0 unspecified atom stereocenters. The first-order chi connectivity index (χ1) is 10.2. The van der Waals surface area contributed by atoms with Gasteiger partial charge in [0, 0.05) is 13.0 Å². The highest BCUT2D eigenvalue weighted by atomic mass is 16.5. The summed E-state index contributed by atoms with van der Waals surface area (Å²) in [4.78, 5) is 4.30. The molecule has 0 aliphatic rings. The van der Waals surface area contributed by atoms with Gasteiger partial charge in [-0.05, 0) is 17.7 Å². The Hall–Kier alpha value is -2.74. The predicted octanol–water partition coefficient (Wildman–Crippen LogP) is 0.464. The van der Waals surface area contributed by atoms with Crippen LogP contribution in [0.3, 0.4) is 0 Å². The van der Waals surface area contributed by atoms with E-state index in [9.17, 15) is 5.11 Å². The van der Waals surface area contributed by atoms with E-state index in [1.165, 1.54) is 0 Å². The molecule has 108 valence electrons. The van der Waals surface area contributed by atoms with Gasteiger partial charge < -0.3 is 15.4 Å². The van der Waals surface area contributed by atoms with E-state index >= 15 is 0 Å². The number of phenolic OH excluding ortho intramolecular Hbond substituents is 1. The third kappa shape index (κ3) is 3.23. The second-order valence-electron chi connectivity index (χ2n) is 4.56. The summed E-state index contributed by atoms with van der Waals surface area (Å²) in [6.45, 7) is 0.700. The Morgan fingerprint density at radius 3 is 2.76 bits per heavy atom. The Labute approximate surface area is 120 Å². The van der Waals surface area contributed by atoms with Crippen LogP contribution in [0.25, 0.3) is 0 Å². The van der Waals surface area contributed by atoms with Crippen LogP contribution in [0.1, 0.15) is 23.0 Å². The topological polar surface area (TPSA) is 116 Å². The SMILES string of the molecule is NCc1cn(Cc2nc(Cc3ccc(O)cc3)no2)nn1. The van der Waals surface area contributed by atoms with Crippen LogP contribution in [0.15, 0.2) is 35.0 Å². The number of aromatic hydroxyl groups is 1. The van der Waals surface area contributed by atoms with E-state index in [4.69, 9.17) is 10.3 Å². The molecule has 0 bridgehead atoms. The van der Waals surface area contributed by atoms with Crippen molar-refractivity contribution in [3.8, 4) is 5.75 Å². The van der Waals surface area contributed by atoms with E-state index in [-0.39, 0.29) is 5.75 Å². The van der Waals surface area contributed by atoms with Gasteiger partial charge in [-0.3, -0.25) is 0 Å². The van der Waals surface area contributed by atoms with Gasteiger partial charge in [0.2, 0.25) is 5.89 Å². The Bertz CT molecular complexity index is 718. The maximum absolute atomic E-state index is 9.24. The summed E-state index contributed by atoms with van der Waals surface area (Å²) < 4.78 is 6.77. The van der Waals surface area contributed by atoms with Crippen LogP contribution >= 0.6 is 0 Å². The minimum absolute atomic E-state index is 0.231. The van der Waals surface area contributed by atoms with Gasteiger partial charge in [0.25, 0.3) is 0 Å². The van der Waals surface area contributed by atoms with Crippen molar-refractivity contribution >= 4 is 0 Å². The molecule has 21 heavy (non-hydrogen) atoms. The number of hydrogen-bond donors (Lipinski definition) is 2. The maximum Gasteiger partial charge on any atom is 0.248 e. The van der Waals surface area contributed by atoms with E-state index in [1.54, 1.807) is 23.0 Å². The molecule has 0 aliphatic carbocycles. The third-order valence-electron chi connectivity index (χ3n) is 2.90. The first-order valence-corrected chi connectivity index (χ1v) is 6.41. The molecule has 0 saturated heterocycles. The molecule has 3 N–H and O–H groups in total. The molecule has 0 radical (unpaired) electrons. The predicted molar refractivity (Wildman–Crippen MR) is 72.2 cm³/mol. The van der Waals surface area contributed by atoms with E-state index in [1.807, 2.05) is 12.1 Å². The molecule has 0 fully saturated rings. The molecule has 3 rings (SSSR count). The smallest absolute Gasteiger partial charge is 0.248 e. The second-order valence-corrected chi connectivity index (χ2v) is 4.56. The summed E-state index contributed by atoms with van der Waals surface area (Å²) in [5.74, 6) is 1.27. The van der Waals surface area contributed by atoms with Crippen LogP contribution in [0.4, 0.5) is 0 Å². The lowest BCUT2D eigenvalue weighted by atomic mass is 10.1. The van der Waals surface area contributed by atoms with Gasteiger partial charge >= 0.3 is 0 Å². The molecule has 3 aromatic rings. The Kier molecular flexibility index (Phi) is 3.61. The van der Waals surface area contributed by atoms with Crippen LogP contribution in [0.2, 0.25) is 0 Å². The van der Waals surface area contributed by atoms with Crippen LogP contribution in [0.5, 0.6) is 5.75 Å². The minimum atomic E-state index is 0.231. The molecule has 0 spiro atoms. The average Bonchev–Trinajstić information content (AvgIpc) is 3.11. The molecule has 0 atom stereocenters. The number of nitrogens with two attached hydrogens (primary N) is 1. The largest absolute Gasteiger partial charge is 0.508 e. The average molecular weight is 286 g/mol. The van der Waals surface area contributed by atoms with Gasteiger partial charge in [0.05, 0.1) is 11.9 Å². The number of rotatable bonds is 5. The van der Waals surface area contributed by atoms with E-state index in [0.717, 1.165) is 5.56 Å². The quantitative estimate of drug-likeness (QED) is 0.700. The van der Waals surface area contributed by atoms with Crippen LogP contribution in [-0.4, -0.2) is 30.2 Å². The molecule has 0 amide bonds. The van der Waals surface area contributed by atoms with Crippen molar-refractivity contribution in [1.29, 1.82) is 0 Å². The monoisotopic (exact) mass is 286 g/mol. The van der Waals surface area contributed by atoms with Crippen molar-refractivity contribution in [3.63, 3.8) is 0 Å². The first kappa shape index (κ1) is 13.3. The fourth-order valence-corrected chi connectivity index (χ4v) is 1.87. The van der Waals surface area contributed by atoms with Crippen molar-refractivity contribution in [2.45, 2.75) is 19.5 Å². The van der Waals surface area contributed by atoms with Gasteiger partial charge in [-0.25, -0.2) is 4.68 Å². The molecule has 8 nitrogen and oxygen atoms in total. The van der Waals surface area contributed by atoms with Crippen LogP contribution < -0.4 is 5.73 Å². The molecule has 1 aromatic carbocycles. The van der Waals surface area contributed by atoms with E-state index in [2.05, 4.69) is 20.5 Å². The summed E-state index contributed by atoms with van der Waals surface area (Å²) in [5.41, 5.74) is 7.17. The van der Waals surface area contributed by atoms with Crippen molar-refractivity contribution < 1.29 is 9.63 Å². The summed E-state index contributed by atoms with van der Waals surface area (Å²) in [5, 5.41) is 21.0. The lowest BCUT2D eigenvalue weighted by Gasteiger charge is -1.96. The van der Waals surface area contributed by atoms with E-state index < -0.39 is 0 Å². The standard InChI is InChI=1S/C13H14N6O2/c14-6-10-7-19(18-16-10)8-13-15-12(17-21-13)5-9-1-3-11(20)4-2-9/h1-4,7,20H,5-6,8,14H2. The van der Waals surface area contributed by atoms with Crippen molar-refractivity contribution in [3.05, 3.63) is 53.4 Å². The lowest BCUT2D eigenvalue weighted by Crippen LogP contribution is -2.01. The molecule has 8 heteroatoms. The number of aromatic nitrogens is 5. The zero-order valence-corrected chi connectivity index (χ0v) is 11.2. The van der Waals surface area contributed by atoms with Gasteiger partial charge in [0.15, 0.2) is 5.82 Å². The lowest BCUT2D eigenvalue weighted by molar-refractivity contribution is 0.360. The van der Waals surface area contributed by atoms with Gasteiger partial charge in [-0.15, -0.1) is 5.10 Å². The van der Waals surface area contributed by atoms with Crippen molar-refractivity contribution in [1.82, 2.24) is 25.1 Å². The fourth-order valence-electron chi connectivity index (χ4n) is 1.87. The van der Waals surface area contributed by atoms with Gasteiger partial charge in [0.1, 0.15) is 12.3 Å². The second kappa shape index (κ2) is 5.71.